The summed E-state index contributed by atoms with van der Waals surface area (Å²) in [7, 11) is 1.81. The Morgan fingerprint density at radius 2 is 1.38 bits per heavy atom. The molecule has 7 nitrogen and oxygen atoms in total. The Morgan fingerprint density at radius 3 is 1.90 bits per heavy atom. The van der Waals surface area contributed by atoms with Gasteiger partial charge in [0.2, 0.25) is 0 Å². The van der Waals surface area contributed by atoms with Crippen molar-refractivity contribution in [3.8, 4) is 0 Å². The standard InChI is InChI=1S/C14H19NO6/c1-7(16)19-11-6-5-10-13(20-8(2)17)14(21-9(3)18)12(11)15(10)4/h5-6,10-14H,1-4H3/t10-,11-,12+,13+,14+/m1/s1. The van der Waals surface area contributed by atoms with Crippen molar-refractivity contribution in [2.24, 2.45) is 0 Å². The molecule has 0 N–H and O–H groups in total. The van der Waals surface area contributed by atoms with Crippen LogP contribution in [0.1, 0.15) is 20.8 Å². The molecule has 5 atom stereocenters. The van der Waals surface area contributed by atoms with Crippen LogP contribution in [0.4, 0.5) is 0 Å². The lowest BCUT2D eigenvalue weighted by Crippen LogP contribution is -2.48. The number of carbonyl (C=O) groups is 3. The SMILES string of the molecule is CC(=O)O[C@@H]1[C@@H](OC(C)=O)[C@H]2C=C[C@@H](OC(C)=O)[C@@H]1N2C. The van der Waals surface area contributed by atoms with Crippen molar-refractivity contribution in [1.82, 2.24) is 4.90 Å². The average Bonchev–Trinajstić information content (AvgIpc) is 2.49. The third kappa shape index (κ3) is 3.07. The van der Waals surface area contributed by atoms with Gasteiger partial charge in [-0.25, -0.2) is 0 Å². The molecule has 7 heteroatoms. The van der Waals surface area contributed by atoms with Gasteiger partial charge in [0, 0.05) is 20.8 Å². The molecule has 0 aromatic rings. The van der Waals surface area contributed by atoms with E-state index in [2.05, 4.69) is 0 Å². The molecule has 116 valence electrons. The van der Waals surface area contributed by atoms with Gasteiger partial charge in [-0.3, -0.25) is 19.3 Å². The fraction of sp³-hybridized carbons (Fsp3) is 0.643. The fourth-order valence-corrected chi connectivity index (χ4v) is 3.01. The second-order valence-electron chi connectivity index (χ2n) is 5.25. The van der Waals surface area contributed by atoms with Gasteiger partial charge in [0.25, 0.3) is 0 Å². The molecule has 2 aliphatic heterocycles. The van der Waals surface area contributed by atoms with Crippen molar-refractivity contribution >= 4 is 17.9 Å². The fourth-order valence-electron chi connectivity index (χ4n) is 3.01. The van der Waals surface area contributed by atoms with Gasteiger partial charge in [-0.05, 0) is 13.1 Å². The molecular weight excluding hydrogens is 278 g/mol. The Hall–Kier alpha value is -1.89. The monoisotopic (exact) mass is 297 g/mol. The first-order valence-corrected chi connectivity index (χ1v) is 6.73. The molecule has 2 heterocycles. The van der Waals surface area contributed by atoms with E-state index in [1.807, 2.05) is 11.9 Å². The van der Waals surface area contributed by atoms with Crippen molar-refractivity contribution in [1.29, 1.82) is 0 Å². The highest BCUT2D eigenvalue weighted by molar-refractivity contribution is 5.68. The van der Waals surface area contributed by atoms with Crippen LogP contribution in [0.5, 0.6) is 0 Å². The maximum absolute atomic E-state index is 11.3. The quantitative estimate of drug-likeness (QED) is 0.413. The topological polar surface area (TPSA) is 82.1 Å². The molecule has 0 amide bonds. The second-order valence-corrected chi connectivity index (χ2v) is 5.25. The van der Waals surface area contributed by atoms with Gasteiger partial charge in [0.05, 0.1) is 12.1 Å². The van der Waals surface area contributed by atoms with E-state index in [1.54, 1.807) is 12.2 Å². The van der Waals surface area contributed by atoms with E-state index in [4.69, 9.17) is 14.2 Å². The maximum Gasteiger partial charge on any atom is 0.303 e. The lowest BCUT2D eigenvalue weighted by atomic mass is 10.0. The zero-order valence-electron chi connectivity index (χ0n) is 12.4. The smallest absolute Gasteiger partial charge is 0.303 e. The third-order valence-electron chi connectivity index (χ3n) is 3.68. The van der Waals surface area contributed by atoms with Crippen LogP contribution in [-0.4, -0.2) is 60.3 Å². The van der Waals surface area contributed by atoms with E-state index in [0.29, 0.717) is 0 Å². The molecule has 2 bridgehead atoms. The minimum Gasteiger partial charge on any atom is -0.457 e. The number of nitrogens with zero attached hydrogens (tertiary/aromatic N) is 1. The first kappa shape index (κ1) is 15.5. The molecule has 0 unspecified atom stereocenters. The van der Waals surface area contributed by atoms with Crippen LogP contribution in [0, 0.1) is 0 Å². The number of hydrogen-bond donors (Lipinski definition) is 0. The number of fused-ring (bicyclic) bond motifs is 2. The first-order valence-electron chi connectivity index (χ1n) is 6.73. The largest absolute Gasteiger partial charge is 0.457 e. The minimum absolute atomic E-state index is 0.213. The molecule has 1 saturated heterocycles. The van der Waals surface area contributed by atoms with Crippen molar-refractivity contribution < 1.29 is 28.6 Å². The number of rotatable bonds is 3. The van der Waals surface area contributed by atoms with Crippen molar-refractivity contribution in [2.45, 2.75) is 51.2 Å². The van der Waals surface area contributed by atoms with Gasteiger partial charge in [-0.2, -0.15) is 0 Å². The number of carbonyl (C=O) groups excluding carboxylic acids is 3. The summed E-state index contributed by atoms with van der Waals surface area (Å²) >= 11 is 0. The van der Waals surface area contributed by atoms with E-state index in [0.717, 1.165) is 0 Å². The number of hydrogen-bond acceptors (Lipinski definition) is 7. The highest BCUT2D eigenvalue weighted by Crippen LogP contribution is 2.36. The lowest BCUT2D eigenvalue weighted by molar-refractivity contribution is -0.166. The molecule has 1 fully saturated rings. The van der Waals surface area contributed by atoms with Crippen molar-refractivity contribution in [2.75, 3.05) is 7.05 Å². The molecule has 0 radical (unpaired) electrons. The minimum atomic E-state index is -0.680. The summed E-state index contributed by atoms with van der Waals surface area (Å²) in [4.78, 5) is 35.8. The Balaban J connectivity index is 2.30. The van der Waals surface area contributed by atoms with E-state index in [1.165, 1.54) is 20.8 Å². The first-order chi connectivity index (χ1) is 9.81. The molecule has 0 aliphatic carbocycles. The van der Waals surface area contributed by atoms with Crippen LogP contribution in [0.15, 0.2) is 12.2 Å². The molecule has 0 saturated carbocycles. The Labute approximate surface area is 122 Å². The molecule has 0 aromatic carbocycles. The van der Waals surface area contributed by atoms with Crippen LogP contribution < -0.4 is 0 Å². The summed E-state index contributed by atoms with van der Waals surface area (Å²) in [6, 6.07) is -0.591. The molecule has 21 heavy (non-hydrogen) atoms. The molecule has 2 rings (SSSR count). The summed E-state index contributed by atoms with van der Waals surface area (Å²) in [5.74, 6) is -1.34. The van der Waals surface area contributed by atoms with Gasteiger partial charge >= 0.3 is 17.9 Å². The van der Waals surface area contributed by atoms with Crippen LogP contribution in [0.25, 0.3) is 0 Å². The summed E-state index contributed by atoms with van der Waals surface area (Å²) in [5, 5.41) is 0. The Bertz CT molecular complexity index is 488. The second kappa shape index (κ2) is 5.85. The van der Waals surface area contributed by atoms with E-state index in [-0.39, 0.29) is 12.1 Å². The Kier molecular flexibility index (Phi) is 4.32. The molecule has 0 spiro atoms. The van der Waals surface area contributed by atoms with Gasteiger partial charge < -0.3 is 14.2 Å². The van der Waals surface area contributed by atoms with Gasteiger partial charge in [-0.1, -0.05) is 6.08 Å². The number of likely N-dealkylation sites (N-methyl/N-ethyl adjacent to an activating group) is 1. The highest BCUT2D eigenvalue weighted by Gasteiger charge is 2.55. The maximum atomic E-state index is 11.3. The van der Waals surface area contributed by atoms with Gasteiger partial charge in [0.1, 0.15) is 6.10 Å². The summed E-state index contributed by atoms with van der Waals surface area (Å²) in [6.07, 6.45) is 1.71. The highest BCUT2D eigenvalue weighted by atomic mass is 16.6. The zero-order chi connectivity index (χ0) is 15.7. The number of esters is 3. The summed E-state index contributed by atoms with van der Waals surface area (Å²) in [5.41, 5.74) is 0. The summed E-state index contributed by atoms with van der Waals surface area (Å²) < 4.78 is 15.9. The van der Waals surface area contributed by atoms with Crippen LogP contribution in [0.3, 0.4) is 0 Å². The van der Waals surface area contributed by atoms with Crippen LogP contribution in [0.2, 0.25) is 0 Å². The molecule has 0 aromatic heterocycles. The van der Waals surface area contributed by atoms with Crippen molar-refractivity contribution in [3.05, 3.63) is 12.2 Å². The van der Waals surface area contributed by atoms with E-state index >= 15 is 0 Å². The normalized spacial score (nSPS) is 34.4. The summed E-state index contributed by atoms with van der Waals surface area (Å²) in [6.45, 7) is 3.92. The van der Waals surface area contributed by atoms with E-state index in [9.17, 15) is 14.4 Å². The molecule has 2 aliphatic rings. The lowest BCUT2D eigenvalue weighted by Gasteiger charge is -2.33. The van der Waals surface area contributed by atoms with Gasteiger partial charge in [-0.15, -0.1) is 0 Å². The predicted molar refractivity (Wildman–Crippen MR) is 71.1 cm³/mol. The molecular formula is C14H19NO6. The zero-order valence-corrected chi connectivity index (χ0v) is 12.4. The predicted octanol–water partition coefficient (Wildman–Crippen LogP) is 0.0339. The van der Waals surface area contributed by atoms with E-state index < -0.39 is 36.2 Å². The van der Waals surface area contributed by atoms with Crippen LogP contribution >= 0.6 is 0 Å². The van der Waals surface area contributed by atoms with Crippen LogP contribution in [-0.2, 0) is 28.6 Å². The van der Waals surface area contributed by atoms with Crippen molar-refractivity contribution in [3.63, 3.8) is 0 Å². The third-order valence-corrected chi connectivity index (χ3v) is 3.68. The number of ether oxygens (including phenoxy) is 3. The Morgan fingerprint density at radius 1 is 0.857 bits per heavy atom. The van der Waals surface area contributed by atoms with Gasteiger partial charge in [0.15, 0.2) is 12.2 Å². The average molecular weight is 297 g/mol.